The molecule has 0 fully saturated rings. The van der Waals surface area contributed by atoms with Crippen LogP contribution in [-0.2, 0) is 17.8 Å². The summed E-state index contributed by atoms with van der Waals surface area (Å²) in [6, 6.07) is 0. The summed E-state index contributed by atoms with van der Waals surface area (Å²) in [6.45, 7) is 6.04. The van der Waals surface area contributed by atoms with Crippen LogP contribution in [-0.4, -0.2) is 23.3 Å². The number of nitrogens with zero attached hydrogens (tertiary/aromatic N) is 1. The highest BCUT2D eigenvalue weighted by Gasteiger charge is 2.11. The van der Waals surface area contributed by atoms with Crippen LogP contribution in [0.1, 0.15) is 18.2 Å². The lowest BCUT2D eigenvalue weighted by molar-refractivity contribution is 0.180. The molecule has 5 heteroatoms. The third kappa shape index (κ3) is 3.21. The molecule has 0 bridgehead atoms. The maximum atomic E-state index is 11.8. The molecule has 0 spiro atoms. The SMILES string of the molecule is C=C(C)Cc1c(COC)nc(SC)[nH]c1=O. The Labute approximate surface area is 99.1 Å². The van der Waals surface area contributed by atoms with Crippen molar-refractivity contribution in [2.45, 2.75) is 25.1 Å². The predicted molar refractivity (Wildman–Crippen MR) is 65.9 cm³/mol. The van der Waals surface area contributed by atoms with Crippen LogP contribution >= 0.6 is 11.8 Å². The van der Waals surface area contributed by atoms with E-state index in [0.29, 0.717) is 29.4 Å². The summed E-state index contributed by atoms with van der Waals surface area (Å²) in [5.74, 6) is 0. The van der Waals surface area contributed by atoms with Gasteiger partial charge in [-0.1, -0.05) is 23.9 Å². The first-order chi connectivity index (χ1) is 7.58. The Morgan fingerprint density at radius 2 is 2.31 bits per heavy atom. The van der Waals surface area contributed by atoms with E-state index >= 15 is 0 Å². The lowest BCUT2D eigenvalue weighted by Gasteiger charge is -2.08. The number of H-pyrrole nitrogens is 1. The quantitative estimate of drug-likeness (QED) is 0.484. The van der Waals surface area contributed by atoms with E-state index in [-0.39, 0.29) is 5.56 Å². The molecule has 0 radical (unpaired) electrons. The van der Waals surface area contributed by atoms with Crippen LogP contribution in [0.3, 0.4) is 0 Å². The van der Waals surface area contributed by atoms with E-state index in [1.165, 1.54) is 11.8 Å². The van der Waals surface area contributed by atoms with Gasteiger partial charge < -0.3 is 9.72 Å². The number of thioether (sulfide) groups is 1. The van der Waals surface area contributed by atoms with Crippen molar-refractivity contribution in [2.24, 2.45) is 0 Å². The van der Waals surface area contributed by atoms with Crippen molar-refractivity contribution in [1.29, 1.82) is 0 Å². The van der Waals surface area contributed by atoms with Gasteiger partial charge in [-0.3, -0.25) is 4.79 Å². The Hall–Kier alpha value is -1.07. The molecule has 0 saturated carbocycles. The number of hydrogen-bond donors (Lipinski definition) is 1. The number of rotatable bonds is 5. The van der Waals surface area contributed by atoms with Crippen LogP contribution in [0.2, 0.25) is 0 Å². The highest BCUT2D eigenvalue weighted by Crippen LogP contribution is 2.12. The van der Waals surface area contributed by atoms with Gasteiger partial charge in [-0.25, -0.2) is 4.98 Å². The van der Waals surface area contributed by atoms with E-state index < -0.39 is 0 Å². The first-order valence-corrected chi connectivity index (χ1v) is 6.10. The van der Waals surface area contributed by atoms with E-state index in [1.807, 2.05) is 13.2 Å². The minimum Gasteiger partial charge on any atom is -0.378 e. The normalized spacial score (nSPS) is 10.4. The molecule has 0 unspecified atom stereocenters. The van der Waals surface area contributed by atoms with Gasteiger partial charge in [0.05, 0.1) is 12.3 Å². The molecule has 0 saturated heterocycles. The van der Waals surface area contributed by atoms with Gasteiger partial charge in [-0.05, 0) is 13.2 Å². The van der Waals surface area contributed by atoms with Gasteiger partial charge in [0.1, 0.15) is 0 Å². The molecule has 88 valence electrons. The Morgan fingerprint density at radius 3 is 2.81 bits per heavy atom. The number of allylic oxidation sites excluding steroid dienone is 1. The second-order valence-corrected chi connectivity index (χ2v) is 4.36. The molecule has 1 rings (SSSR count). The average Bonchev–Trinajstić information content (AvgIpc) is 2.22. The van der Waals surface area contributed by atoms with Gasteiger partial charge >= 0.3 is 0 Å². The molecule has 0 aromatic carbocycles. The summed E-state index contributed by atoms with van der Waals surface area (Å²) >= 11 is 1.41. The molecule has 1 N–H and O–H groups in total. The minimum absolute atomic E-state index is 0.102. The number of nitrogens with one attached hydrogen (secondary N) is 1. The summed E-state index contributed by atoms with van der Waals surface area (Å²) in [7, 11) is 1.59. The second kappa shape index (κ2) is 5.86. The third-order valence-electron chi connectivity index (χ3n) is 2.03. The first kappa shape index (κ1) is 13.0. The minimum atomic E-state index is -0.102. The lowest BCUT2D eigenvalue weighted by Crippen LogP contribution is -2.19. The van der Waals surface area contributed by atoms with Gasteiger partial charge in [0, 0.05) is 19.1 Å². The van der Waals surface area contributed by atoms with E-state index in [0.717, 1.165) is 5.57 Å². The van der Waals surface area contributed by atoms with Gasteiger partial charge in [-0.15, -0.1) is 0 Å². The molecule has 4 nitrogen and oxygen atoms in total. The van der Waals surface area contributed by atoms with Crippen molar-refractivity contribution in [2.75, 3.05) is 13.4 Å². The molecule has 1 aromatic rings. The zero-order chi connectivity index (χ0) is 12.1. The molecule has 0 aliphatic carbocycles. The molecule has 0 atom stereocenters. The van der Waals surface area contributed by atoms with Crippen LogP contribution in [0.5, 0.6) is 0 Å². The summed E-state index contributed by atoms with van der Waals surface area (Å²) in [5.41, 5.74) is 2.17. The molecule has 1 heterocycles. The Balaban J connectivity index is 3.22. The van der Waals surface area contributed by atoms with Gasteiger partial charge in [0.15, 0.2) is 5.16 Å². The number of methoxy groups -OCH3 is 1. The van der Waals surface area contributed by atoms with E-state index in [2.05, 4.69) is 16.5 Å². The predicted octanol–water partition coefficient (Wildman–Crippen LogP) is 1.76. The Kier molecular flexibility index (Phi) is 4.76. The van der Waals surface area contributed by atoms with Gasteiger partial charge in [-0.2, -0.15) is 0 Å². The zero-order valence-electron chi connectivity index (χ0n) is 9.79. The maximum absolute atomic E-state index is 11.8. The summed E-state index contributed by atoms with van der Waals surface area (Å²) < 4.78 is 5.05. The lowest BCUT2D eigenvalue weighted by atomic mass is 10.1. The molecule has 0 aliphatic heterocycles. The Morgan fingerprint density at radius 1 is 1.62 bits per heavy atom. The number of hydrogen-bond acceptors (Lipinski definition) is 4. The summed E-state index contributed by atoms with van der Waals surface area (Å²) in [6.07, 6.45) is 2.41. The highest BCUT2D eigenvalue weighted by molar-refractivity contribution is 7.98. The van der Waals surface area contributed by atoms with Crippen LogP contribution in [0.15, 0.2) is 22.1 Å². The fraction of sp³-hybridized carbons (Fsp3) is 0.455. The fourth-order valence-electron chi connectivity index (χ4n) is 1.36. The average molecular weight is 240 g/mol. The fourth-order valence-corrected chi connectivity index (χ4v) is 1.75. The van der Waals surface area contributed by atoms with Crippen molar-refractivity contribution in [3.05, 3.63) is 33.8 Å². The number of ether oxygens (including phenoxy) is 1. The molecule has 0 amide bonds. The van der Waals surface area contributed by atoms with Gasteiger partial charge in [0.2, 0.25) is 0 Å². The second-order valence-electron chi connectivity index (χ2n) is 3.57. The smallest absolute Gasteiger partial charge is 0.255 e. The van der Waals surface area contributed by atoms with Crippen molar-refractivity contribution < 1.29 is 4.74 Å². The molecule has 16 heavy (non-hydrogen) atoms. The van der Waals surface area contributed by atoms with Crippen LogP contribution in [0.25, 0.3) is 0 Å². The largest absolute Gasteiger partial charge is 0.378 e. The van der Waals surface area contributed by atoms with E-state index in [4.69, 9.17) is 4.74 Å². The zero-order valence-corrected chi connectivity index (χ0v) is 10.6. The maximum Gasteiger partial charge on any atom is 0.255 e. The molecule has 1 aromatic heterocycles. The first-order valence-electron chi connectivity index (χ1n) is 4.87. The molecular weight excluding hydrogens is 224 g/mol. The van der Waals surface area contributed by atoms with Crippen molar-refractivity contribution >= 4 is 11.8 Å². The van der Waals surface area contributed by atoms with Crippen LogP contribution < -0.4 is 5.56 Å². The van der Waals surface area contributed by atoms with E-state index in [1.54, 1.807) is 7.11 Å². The summed E-state index contributed by atoms with van der Waals surface area (Å²) in [4.78, 5) is 18.9. The van der Waals surface area contributed by atoms with Crippen molar-refractivity contribution in [3.63, 3.8) is 0 Å². The van der Waals surface area contributed by atoms with Gasteiger partial charge in [0.25, 0.3) is 5.56 Å². The Bertz CT molecular complexity index is 440. The topological polar surface area (TPSA) is 55.0 Å². The van der Waals surface area contributed by atoms with Crippen LogP contribution in [0, 0.1) is 0 Å². The standard InChI is InChI=1S/C11H16N2O2S/c1-7(2)5-8-9(6-15-3)12-11(16-4)13-10(8)14/h1,5-6H2,2-4H3,(H,12,13,14). The highest BCUT2D eigenvalue weighted by atomic mass is 32.2. The van der Waals surface area contributed by atoms with Crippen molar-refractivity contribution in [3.8, 4) is 0 Å². The van der Waals surface area contributed by atoms with Crippen LogP contribution in [0.4, 0.5) is 0 Å². The third-order valence-corrected chi connectivity index (χ3v) is 2.61. The van der Waals surface area contributed by atoms with Crippen molar-refractivity contribution in [1.82, 2.24) is 9.97 Å². The summed E-state index contributed by atoms with van der Waals surface area (Å²) in [5, 5.41) is 0.613. The monoisotopic (exact) mass is 240 g/mol. The number of aromatic amines is 1. The molecule has 0 aliphatic rings. The van der Waals surface area contributed by atoms with E-state index in [9.17, 15) is 4.79 Å². The number of aromatic nitrogens is 2. The molecular formula is C11H16N2O2S.